The number of hydrogen-bond donors (Lipinski definition) is 1. The zero-order valence-corrected chi connectivity index (χ0v) is 18.6. The first-order valence-electron chi connectivity index (χ1n) is 9.47. The molecule has 1 N–H and O–H groups in total. The summed E-state index contributed by atoms with van der Waals surface area (Å²) in [5.41, 5.74) is 3.11. The van der Waals surface area contributed by atoms with Crippen molar-refractivity contribution in [2.24, 2.45) is 0 Å². The largest absolute Gasteiger partial charge is 0.481 e. The Balaban J connectivity index is 0.00000240. The van der Waals surface area contributed by atoms with Gasteiger partial charge in [0.15, 0.2) is 5.13 Å². The Labute approximate surface area is 185 Å². The van der Waals surface area contributed by atoms with Crippen LogP contribution in [0.15, 0.2) is 60.7 Å². The molecule has 1 saturated heterocycles. The summed E-state index contributed by atoms with van der Waals surface area (Å²) in [4.78, 5) is 21.7. The normalized spacial score (nSPS) is 14.4. The molecule has 0 amide bonds. The second-order valence-electron chi connectivity index (χ2n) is 6.95. The molecule has 2 heterocycles. The van der Waals surface area contributed by atoms with Crippen LogP contribution in [0.3, 0.4) is 0 Å². The first-order chi connectivity index (χ1) is 13.7. The monoisotopic (exact) mass is 473 g/mol. The summed E-state index contributed by atoms with van der Waals surface area (Å²) in [6.07, 6.45) is 0.00979. The highest BCUT2D eigenvalue weighted by atomic mass is 79.9. The zero-order chi connectivity index (χ0) is 19.3. The number of anilines is 1. The van der Waals surface area contributed by atoms with Crippen LogP contribution in [0.4, 0.5) is 5.13 Å². The van der Waals surface area contributed by atoms with Crippen molar-refractivity contribution in [1.82, 2.24) is 9.88 Å². The first-order valence-corrected chi connectivity index (χ1v) is 10.3. The van der Waals surface area contributed by atoms with Gasteiger partial charge in [-0.15, -0.1) is 28.3 Å². The molecule has 3 aromatic rings. The number of carbonyl (C=O) groups is 1. The van der Waals surface area contributed by atoms with Crippen LogP contribution in [0.1, 0.15) is 10.4 Å². The number of nitrogens with zero attached hydrogens (tertiary/aromatic N) is 3. The van der Waals surface area contributed by atoms with Crippen molar-refractivity contribution < 1.29 is 9.90 Å². The molecule has 0 spiro atoms. The number of aromatic nitrogens is 1. The zero-order valence-electron chi connectivity index (χ0n) is 16.0. The Morgan fingerprint density at radius 1 is 0.966 bits per heavy atom. The SMILES string of the molecule is Br.O=C(O)Cc1sc(N2CCN(Cc3ccccc3)CC2)nc1-c1ccccc1. The summed E-state index contributed by atoms with van der Waals surface area (Å²) in [5.74, 6) is -0.819. The van der Waals surface area contributed by atoms with Gasteiger partial charge in [-0.25, -0.2) is 4.98 Å². The summed E-state index contributed by atoms with van der Waals surface area (Å²) < 4.78 is 0. The van der Waals surface area contributed by atoms with E-state index in [0.717, 1.165) is 54.0 Å². The molecule has 2 aromatic carbocycles. The Kier molecular flexibility index (Phi) is 7.41. The van der Waals surface area contributed by atoms with Crippen molar-refractivity contribution in [2.45, 2.75) is 13.0 Å². The molecule has 1 aliphatic rings. The summed E-state index contributed by atoms with van der Waals surface area (Å²) >= 11 is 1.51. The number of rotatable bonds is 6. The molecular formula is C22H24BrN3O2S. The van der Waals surface area contributed by atoms with Crippen LogP contribution in [0.5, 0.6) is 0 Å². The molecule has 5 nitrogen and oxygen atoms in total. The standard InChI is InChI=1S/C22H23N3O2S.BrH/c26-20(27)15-19-21(18-9-5-2-6-10-18)23-22(28-19)25-13-11-24(12-14-25)16-17-7-3-1-4-8-17;/h1-10H,11-16H2,(H,26,27);1H. The summed E-state index contributed by atoms with van der Waals surface area (Å²) in [6.45, 7) is 4.72. The average molecular weight is 474 g/mol. The summed E-state index contributed by atoms with van der Waals surface area (Å²) in [7, 11) is 0. The van der Waals surface area contributed by atoms with Gasteiger partial charge in [0.2, 0.25) is 0 Å². The molecule has 0 radical (unpaired) electrons. The van der Waals surface area contributed by atoms with Crippen LogP contribution >= 0.6 is 28.3 Å². The third-order valence-electron chi connectivity index (χ3n) is 4.94. The van der Waals surface area contributed by atoms with E-state index >= 15 is 0 Å². The van der Waals surface area contributed by atoms with Crippen molar-refractivity contribution in [1.29, 1.82) is 0 Å². The minimum absolute atomic E-state index is 0. The fourth-order valence-corrected chi connectivity index (χ4v) is 4.62. The van der Waals surface area contributed by atoms with Crippen LogP contribution < -0.4 is 4.90 Å². The molecule has 29 heavy (non-hydrogen) atoms. The molecule has 0 unspecified atom stereocenters. The van der Waals surface area contributed by atoms with E-state index in [-0.39, 0.29) is 23.4 Å². The van der Waals surface area contributed by atoms with Crippen molar-refractivity contribution in [3.05, 3.63) is 71.1 Å². The van der Waals surface area contributed by atoms with E-state index < -0.39 is 5.97 Å². The lowest BCUT2D eigenvalue weighted by molar-refractivity contribution is -0.136. The van der Waals surface area contributed by atoms with Gasteiger partial charge in [0.25, 0.3) is 0 Å². The Morgan fingerprint density at radius 2 is 1.59 bits per heavy atom. The van der Waals surface area contributed by atoms with E-state index in [9.17, 15) is 9.90 Å². The first kappa shape index (κ1) is 21.5. The Bertz CT molecular complexity index is 926. The van der Waals surface area contributed by atoms with Gasteiger partial charge < -0.3 is 10.0 Å². The number of halogens is 1. The lowest BCUT2D eigenvalue weighted by Crippen LogP contribution is -2.45. The fourth-order valence-electron chi connectivity index (χ4n) is 3.49. The lowest BCUT2D eigenvalue weighted by atomic mass is 10.1. The van der Waals surface area contributed by atoms with Gasteiger partial charge in [-0.2, -0.15) is 0 Å². The van der Waals surface area contributed by atoms with Crippen LogP contribution in [0, 0.1) is 0 Å². The van der Waals surface area contributed by atoms with Crippen molar-refractivity contribution >= 4 is 39.4 Å². The van der Waals surface area contributed by atoms with Gasteiger partial charge in [-0.3, -0.25) is 9.69 Å². The topological polar surface area (TPSA) is 56.7 Å². The van der Waals surface area contributed by atoms with E-state index in [1.54, 1.807) is 0 Å². The van der Waals surface area contributed by atoms with Crippen molar-refractivity contribution in [3.63, 3.8) is 0 Å². The van der Waals surface area contributed by atoms with Gasteiger partial charge in [0.1, 0.15) is 0 Å². The molecule has 7 heteroatoms. The van der Waals surface area contributed by atoms with Gasteiger partial charge >= 0.3 is 5.97 Å². The Morgan fingerprint density at radius 3 is 2.21 bits per heavy atom. The minimum Gasteiger partial charge on any atom is -0.481 e. The van der Waals surface area contributed by atoms with E-state index in [2.05, 4.69) is 34.1 Å². The van der Waals surface area contributed by atoms with Gasteiger partial charge in [-0.05, 0) is 5.56 Å². The molecule has 1 aliphatic heterocycles. The van der Waals surface area contributed by atoms with Gasteiger partial charge in [0.05, 0.1) is 12.1 Å². The maximum atomic E-state index is 11.3. The van der Waals surface area contributed by atoms with Gasteiger partial charge in [-0.1, -0.05) is 60.7 Å². The number of carboxylic acids is 1. The minimum atomic E-state index is -0.819. The maximum Gasteiger partial charge on any atom is 0.308 e. The molecule has 0 aliphatic carbocycles. The maximum absolute atomic E-state index is 11.3. The highest BCUT2D eigenvalue weighted by Crippen LogP contribution is 2.34. The van der Waals surface area contributed by atoms with Crippen LogP contribution in [-0.2, 0) is 17.8 Å². The van der Waals surface area contributed by atoms with Crippen LogP contribution in [0.25, 0.3) is 11.3 Å². The molecule has 152 valence electrons. The molecular weight excluding hydrogens is 450 g/mol. The highest BCUT2D eigenvalue weighted by molar-refractivity contribution is 8.93. The molecule has 4 rings (SSSR count). The lowest BCUT2D eigenvalue weighted by Gasteiger charge is -2.34. The number of thiazole rings is 1. The van der Waals surface area contributed by atoms with Crippen molar-refractivity contribution in [3.8, 4) is 11.3 Å². The predicted octanol–water partition coefficient (Wildman–Crippen LogP) is 4.34. The third-order valence-corrected chi connectivity index (χ3v) is 6.05. The molecule has 0 atom stereocenters. The molecule has 0 saturated carbocycles. The summed E-state index contributed by atoms with van der Waals surface area (Å²) in [5, 5.41) is 10.2. The number of carboxylic acid groups (broad SMARTS) is 1. The fraction of sp³-hybridized carbons (Fsp3) is 0.273. The van der Waals surface area contributed by atoms with E-state index in [1.807, 2.05) is 36.4 Å². The highest BCUT2D eigenvalue weighted by Gasteiger charge is 2.23. The van der Waals surface area contributed by atoms with Crippen LogP contribution in [0.2, 0.25) is 0 Å². The molecule has 0 bridgehead atoms. The van der Waals surface area contributed by atoms with Crippen molar-refractivity contribution in [2.75, 3.05) is 31.1 Å². The average Bonchev–Trinajstić information content (AvgIpc) is 3.13. The van der Waals surface area contributed by atoms with E-state index in [0.29, 0.717) is 0 Å². The number of hydrogen-bond acceptors (Lipinski definition) is 5. The third kappa shape index (κ3) is 5.44. The predicted molar refractivity (Wildman–Crippen MR) is 123 cm³/mol. The Hall–Kier alpha value is -2.22. The summed E-state index contributed by atoms with van der Waals surface area (Å²) in [6, 6.07) is 20.4. The number of benzene rings is 2. The second kappa shape index (κ2) is 10.0. The van der Waals surface area contributed by atoms with Crippen LogP contribution in [-0.4, -0.2) is 47.1 Å². The van der Waals surface area contributed by atoms with E-state index in [4.69, 9.17) is 4.98 Å². The van der Waals surface area contributed by atoms with Gasteiger partial charge in [0, 0.05) is 43.2 Å². The smallest absolute Gasteiger partial charge is 0.308 e. The number of aliphatic carboxylic acids is 1. The number of piperazine rings is 1. The second-order valence-corrected chi connectivity index (χ2v) is 8.02. The van der Waals surface area contributed by atoms with E-state index in [1.165, 1.54) is 16.9 Å². The quantitative estimate of drug-likeness (QED) is 0.576. The molecule has 1 fully saturated rings. The molecule has 1 aromatic heterocycles.